The molecule has 8 heteroatoms. The molecule has 2 N–H and O–H groups in total. The van der Waals surface area contributed by atoms with Crippen molar-refractivity contribution in [3.63, 3.8) is 0 Å². The second kappa shape index (κ2) is 9.51. The van der Waals surface area contributed by atoms with E-state index in [1.807, 2.05) is 18.2 Å². The third-order valence-corrected chi connectivity index (χ3v) is 5.50. The van der Waals surface area contributed by atoms with Gasteiger partial charge in [-0.25, -0.2) is 4.79 Å². The van der Waals surface area contributed by atoms with Crippen LogP contribution in [0.15, 0.2) is 48.8 Å². The molecule has 0 atom stereocenters. The van der Waals surface area contributed by atoms with Crippen molar-refractivity contribution in [3.8, 4) is 22.8 Å². The van der Waals surface area contributed by atoms with Crippen LogP contribution in [-0.4, -0.2) is 35.0 Å². The number of aromatic nitrogens is 3. The highest BCUT2D eigenvalue weighted by Gasteiger charge is 2.22. The van der Waals surface area contributed by atoms with Crippen molar-refractivity contribution >= 4 is 11.7 Å². The van der Waals surface area contributed by atoms with Gasteiger partial charge in [0.25, 0.3) is 0 Å². The summed E-state index contributed by atoms with van der Waals surface area (Å²) >= 11 is 0. The van der Waals surface area contributed by atoms with E-state index in [0.29, 0.717) is 29.8 Å². The van der Waals surface area contributed by atoms with Crippen molar-refractivity contribution in [3.05, 3.63) is 54.5 Å². The number of benzene rings is 1. The van der Waals surface area contributed by atoms with E-state index in [2.05, 4.69) is 20.3 Å². The van der Waals surface area contributed by atoms with Gasteiger partial charge in [-0.2, -0.15) is 5.10 Å². The van der Waals surface area contributed by atoms with Crippen molar-refractivity contribution in [1.29, 1.82) is 0 Å². The number of hydrogen-bond acceptors (Lipinski definition) is 5. The number of pyridine rings is 1. The maximum Gasteiger partial charge on any atom is 0.319 e. The van der Waals surface area contributed by atoms with Crippen LogP contribution in [0.3, 0.4) is 0 Å². The van der Waals surface area contributed by atoms with Gasteiger partial charge < -0.3 is 20.1 Å². The quantitative estimate of drug-likeness (QED) is 0.590. The molecular weight excluding hydrogens is 394 g/mol. The molecule has 3 aromatic rings. The maximum atomic E-state index is 12.4. The minimum absolute atomic E-state index is 0.312. The molecule has 2 amide bonds. The third-order valence-electron chi connectivity index (χ3n) is 5.50. The van der Waals surface area contributed by atoms with Crippen LogP contribution >= 0.6 is 0 Å². The molecule has 1 aliphatic carbocycles. The molecule has 0 bridgehead atoms. The molecule has 2 aromatic heterocycles. The number of urea groups is 1. The topological polar surface area (TPSA) is 90.3 Å². The zero-order chi connectivity index (χ0) is 21.6. The number of rotatable bonds is 7. The SMILES string of the molecule is COc1ccc(NC(=O)NCc2cc(-c3ccncc3)n(C3CCCC3)n2)cc1OC. The molecule has 0 radical (unpaired) electrons. The van der Waals surface area contributed by atoms with Crippen LogP contribution in [0.1, 0.15) is 37.4 Å². The molecule has 1 aliphatic rings. The first kappa shape index (κ1) is 20.7. The van der Waals surface area contributed by atoms with Crippen LogP contribution in [0.2, 0.25) is 0 Å². The summed E-state index contributed by atoms with van der Waals surface area (Å²) in [6.45, 7) is 0.330. The number of anilines is 1. The first-order chi connectivity index (χ1) is 15.2. The van der Waals surface area contributed by atoms with Gasteiger partial charge in [-0.15, -0.1) is 0 Å². The van der Waals surface area contributed by atoms with E-state index in [4.69, 9.17) is 14.6 Å². The van der Waals surface area contributed by atoms with Crippen molar-refractivity contribution in [1.82, 2.24) is 20.1 Å². The van der Waals surface area contributed by atoms with Gasteiger partial charge in [0, 0.05) is 29.7 Å². The van der Waals surface area contributed by atoms with Gasteiger partial charge in [0.2, 0.25) is 0 Å². The number of ether oxygens (including phenoxy) is 2. The standard InChI is InChI=1S/C23H27N5O3/c1-30-21-8-7-17(14-22(21)31-2)26-23(29)25-15-18-13-20(16-9-11-24-12-10-16)28(27-18)19-5-3-4-6-19/h7-14,19H,3-6,15H2,1-2H3,(H2,25,26,29). The molecule has 2 heterocycles. The summed E-state index contributed by atoms with van der Waals surface area (Å²) in [5, 5.41) is 10.5. The van der Waals surface area contributed by atoms with Gasteiger partial charge in [-0.05, 0) is 43.2 Å². The molecular formula is C23H27N5O3. The molecule has 8 nitrogen and oxygen atoms in total. The highest BCUT2D eigenvalue weighted by Crippen LogP contribution is 2.33. The van der Waals surface area contributed by atoms with Crippen LogP contribution in [0.25, 0.3) is 11.3 Å². The Morgan fingerprint density at radius 1 is 1.06 bits per heavy atom. The Morgan fingerprint density at radius 2 is 1.81 bits per heavy atom. The van der Waals surface area contributed by atoms with Gasteiger partial charge in [0.15, 0.2) is 11.5 Å². The molecule has 0 saturated heterocycles. The zero-order valence-electron chi connectivity index (χ0n) is 17.8. The van der Waals surface area contributed by atoms with E-state index < -0.39 is 0 Å². The molecule has 0 unspecified atom stereocenters. The van der Waals surface area contributed by atoms with Crippen LogP contribution in [-0.2, 0) is 6.54 Å². The number of carbonyl (C=O) groups excluding carboxylic acids is 1. The fraction of sp³-hybridized carbons (Fsp3) is 0.348. The number of carbonyl (C=O) groups is 1. The maximum absolute atomic E-state index is 12.4. The number of nitrogens with one attached hydrogen (secondary N) is 2. The Morgan fingerprint density at radius 3 is 2.52 bits per heavy atom. The largest absolute Gasteiger partial charge is 0.493 e. The Balaban J connectivity index is 1.45. The average Bonchev–Trinajstić information content (AvgIpc) is 3.48. The van der Waals surface area contributed by atoms with Crippen LogP contribution in [0.5, 0.6) is 11.5 Å². The molecule has 0 spiro atoms. The zero-order valence-corrected chi connectivity index (χ0v) is 17.8. The molecule has 1 fully saturated rings. The molecule has 162 valence electrons. The van der Waals surface area contributed by atoms with Gasteiger partial charge >= 0.3 is 6.03 Å². The van der Waals surface area contributed by atoms with E-state index in [9.17, 15) is 4.79 Å². The summed E-state index contributed by atoms with van der Waals surface area (Å²) < 4.78 is 12.6. The summed E-state index contributed by atoms with van der Waals surface area (Å²) in [5.41, 5.74) is 3.58. The van der Waals surface area contributed by atoms with Crippen molar-refractivity contribution in [2.45, 2.75) is 38.3 Å². The lowest BCUT2D eigenvalue weighted by molar-refractivity contribution is 0.251. The molecule has 1 saturated carbocycles. The van der Waals surface area contributed by atoms with Crippen LogP contribution in [0, 0.1) is 0 Å². The minimum Gasteiger partial charge on any atom is -0.493 e. The van der Waals surface area contributed by atoms with E-state index >= 15 is 0 Å². The Bertz CT molecular complexity index is 1030. The Labute approximate surface area is 181 Å². The van der Waals surface area contributed by atoms with Gasteiger partial charge in [0.05, 0.1) is 38.2 Å². The van der Waals surface area contributed by atoms with Gasteiger partial charge in [-0.3, -0.25) is 9.67 Å². The lowest BCUT2D eigenvalue weighted by Gasteiger charge is -2.14. The molecule has 31 heavy (non-hydrogen) atoms. The predicted molar refractivity (Wildman–Crippen MR) is 118 cm³/mol. The molecule has 4 rings (SSSR count). The van der Waals surface area contributed by atoms with Crippen molar-refractivity contribution in [2.24, 2.45) is 0 Å². The smallest absolute Gasteiger partial charge is 0.319 e. The second-order valence-corrected chi connectivity index (χ2v) is 7.52. The highest BCUT2D eigenvalue weighted by molar-refractivity contribution is 5.89. The summed E-state index contributed by atoms with van der Waals surface area (Å²) in [4.78, 5) is 16.5. The number of hydrogen-bond donors (Lipinski definition) is 2. The number of nitrogens with zero attached hydrogens (tertiary/aromatic N) is 3. The summed E-state index contributed by atoms with van der Waals surface area (Å²) in [6.07, 6.45) is 8.29. The van der Waals surface area contributed by atoms with E-state index in [-0.39, 0.29) is 6.03 Å². The van der Waals surface area contributed by atoms with Crippen molar-refractivity contribution in [2.75, 3.05) is 19.5 Å². The molecule has 0 aliphatic heterocycles. The Kier molecular flexibility index (Phi) is 6.35. The number of amides is 2. The summed E-state index contributed by atoms with van der Waals surface area (Å²) in [5.74, 6) is 1.16. The van der Waals surface area contributed by atoms with E-state index in [0.717, 1.165) is 29.8 Å². The van der Waals surface area contributed by atoms with Gasteiger partial charge in [0.1, 0.15) is 0 Å². The molecule has 1 aromatic carbocycles. The summed E-state index contributed by atoms with van der Waals surface area (Å²) in [6, 6.07) is 11.3. The van der Waals surface area contributed by atoms with E-state index in [1.54, 1.807) is 44.8 Å². The lowest BCUT2D eigenvalue weighted by Crippen LogP contribution is -2.28. The summed E-state index contributed by atoms with van der Waals surface area (Å²) in [7, 11) is 3.13. The third kappa shape index (κ3) is 4.79. The van der Waals surface area contributed by atoms with Crippen molar-refractivity contribution < 1.29 is 14.3 Å². The predicted octanol–water partition coefficient (Wildman–Crippen LogP) is 4.40. The lowest BCUT2D eigenvalue weighted by atomic mass is 10.1. The first-order valence-corrected chi connectivity index (χ1v) is 10.4. The highest BCUT2D eigenvalue weighted by atomic mass is 16.5. The van der Waals surface area contributed by atoms with Gasteiger partial charge in [-0.1, -0.05) is 12.8 Å². The average molecular weight is 422 g/mol. The van der Waals surface area contributed by atoms with Crippen LogP contribution < -0.4 is 20.1 Å². The second-order valence-electron chi connectivity index (χ2n) is 7.52. The fourth-order valence-corrected chi connectivity index (χ4v) is 3.96. The minimum atomic E-state index is -0.312. The first-order valence-electron chi connectivity index (χ1n) is 10.4. The number of methoxy groups -OCH3 is 2. The van der Waals surface area contributed by atoms with E-state index in [1.165, 1.54) is 12.8 Å². The van der Waals surface area contributed by atoms with Crippen LogP contribution in [0.4, 0.5) is 10.5 Å². The monoisotopic (exact) mass is 421 g/mol. The Hall–Kier alpha value is -3.55. The fourth-order valence-electron chi connectivity index (χ4n) is 3.96. The normalized spacial score (nSPS) is 13.7.